The van der Waals surface area contributed by atoms with Gasteiger partial charge in [-0.2, -0.15) is 0 Å². The van der Waals surface area contributed by atoms with Crippen molar-refractivity contribution in [2.24, 2.45) is 0 Å². The molecule has 0 spiro atoms. The molecule has 0 saturated carbocycles. The summed E-state index contributed by atoms with van der Waals surface area (Å²) in [6.45, 7) is 1.65. The van der Waals surface area contributed by atoms with Gasteiger partial charge in [0.15, 0.2) is 18.2 Å². The summed E-state index contributed by atoms with van der Waals surface area (Å²) < 4.78 is 19.5. The minimum Gasteiger partial charge on any atom is -0.480 e. The lowest BCUT2D eigenvalue weighted by Crippen LogP contribution is -2.36. The van der Waals surface area contributed by atoms with Crippen LogP contribution in [-0.4, -0.2) is 28.5 Å². The fourth-order valence-electron chi connectivity index (χ4n) is 3.18. The minimum atomic E-state index is -1.34. The number of hydrogen-bond acceptors (Lipinski definition) is 3. The topological polar surface area (TPSA) is 66.8 Å². The van der Waals surface area contributed by atoms with Gasteiger partial charge in [-0.3, -0.25) is 4.79 Å². The Morgan fingerprint density at radius 1 is 1.03 bits per heavy atom. The maximum atomic E-state index is 14.1. The average Bonchev–Trinajstić information content (AvgIpc) is 2.77. The molecule has 0 heterocycles. The van der Waals surface area contributed by atoms with Crippen LogP contribution in [0.25, 0.3) is 0 Å². The van der Waals surface area contributed by atoms with Crippen molar-refractivity contribution in [3.05, 3.63) is 100 Å². The third-order valence-corrected chi connectivity index (χ3v) is 5.13. The van der Waals surface area contributed by atoms with Crippen LogP contribution in [0, 0.1) is 5.82 Å². The normalized spacial score (nSPS) is 11.6. The molecule has 160 valence electrons. The van der Waals surface area contributed by atoms with E-state index in [0.29, 0.717) is 5.02 Å². The fraction of sp³-hybridized carbons (Fsp3) is 0.167. The van der Waals surface area contributed by atoms with Crippen LogP contribution in [-0.2, 0) is 11.3 Å². The van der Waals surface area contributed by atoms with E-state index in [9.17, 15) is 19.1 Å². The van der Waals surface area contributed by atoms with E-state index in [1.54, 1.807) is 17.0 Å². The maximum absolute atomic E-state index is 14.1. The molecule has 3 rings (SSSR count). The van der Waals surface area contributed by atoms with Crippen LogP contribution in [0.15, 0.2) is 72.8 Å². The second-order valence-electron chi connectivity index (χ2n) is 6.95. The molecular weight excluding hydrogens is 421 g/mol. The summed E-state index contributed by atoms with van der Waals surface area (Å²) in [6.07, 6.45) is 0. The minimum absolute atomic E-state index is 0.276. The summed E-state index contributed by atoms with van der Waals surface area (Å²) in [6, 6.07) is 19.9. The summed E-state index contributed by atoms with van der Waals surface area (Å²) >= 11 is 5.96. The largest absolute Gasteiger partial charge is 0.480 e. The summed E-state index contributed by atoms with van der Waals surface area (Å²) in [5.74, 6) is -3.04. The molecule has 1 atom stereocenters. The van der Waals surface area contributed by atoms with E-state index in [4.69, 9.17) is 16.3 Å². The van der Waals surface area contributed by atoms with Crippen LogP contribution in [0.5, 0.6) is 5.75 Å². The number of rotatable bonds is 8. The number of para-hydroxylation sites is 1. The fourth-order valence-corrected chi connectivity index (χ4v) is 3.31. The highest BCUT2D eigenvalue weighted by molar-refractivity contribution is 6.30. The van der Waals surface area contributed by atoms with Crippen LogP contribution >= 0.6 is 11.6 Å². The predicted molar refractivity (Wildman–Crippen MR) is 116 cm³/mol. The highest BCUT2D eigenvalue weighted by atomic mass is 35.5. The van der Waals surface area contributed by atoms with Crippen molar-refractivity contribution in [1.29, 1.82) is 0 Å². The van der Waals surface area contributed by atoms with Crippen molar-refractivity contribution in [3.8, 4) is 5.75 Å². The molecule has 0 fully saturated rings. The number of carbonyl (C=O) groups excluding carboxylic acids is 1. The van der Waals surface area contributed by atoms with Crippen LogP contribution in [0.1, 0.15) is 34.5 Å². The van der Waals surface area contributed by atoms with Crippen LogP contribution in [0.3, 0.4) is 0 Å². The van der Waals surface area contributed by atoms with Crippen molar-refractivity contribution in [1.82, 2.24) is 4.90 Å². The van der Waals surface area contributed by atoms with Crippen LogP contribution < -0.4 is 4.74 Å². The van der Waals surface area contributed by atoms with Gasteiger partial charge in [0, 0.05) is 11.6 Å². The Balaban J connectivity index is 1.84. The molecule has 3 aromatic carbocycles. The Bertz CT molecular complexity index is 1060. The third-order valence-electron chi connectivity index (χ3n) is 4.87. The number of aromatic carboxylic acids is 1. The zero-order valence-electron chi connectivity index (χ0n) is 16.8. The van der Waals surface area contributed by atoms with Gasteiger partial charge >= 0.3 is 5.97 Å². The monoisotopic (exact) mass is 441 g/mol. The van der Waals surface area contributed by atoms with Gasteiger partial charge < -0.3 is 14.7 Å². The Labute approximate surface area is 184 Å². The lowest BCUT2D eigenvalue weighted by molar-refractivity contribution is -0.136. The summed E-state index contributed by atoms with van der Waals surface area (Å²) in [5, 5.41) is 9.85. The average molecular weight is 442 g/mol. The van der Waals surface area contributed by atoms with Crippen molar-refractivity contribution >= 4 is 23.5 Å². The Morgan fingerprint density at radius 3 is 2.35 bits per heavy atom. The van der Waals surface area contributed by atoms with Gasteiger partial charge in [0.2, 0.25) is 0 Å². The molecule has 31 heavy (non-hydrogen) atoms. The van der Waals surface area contributed by atoms with Crippen molar-refractivity contribution < 1.29 is 23.8 Å². The summed E-state index contributed by atoms with van der Waals surface area (Å²) in [5.41, 5.74) is 1.44. The zero-order chi connectivity index (χ0) is 22.4. The highest BCUT2D eigenvalue weighted by Crippen LogP contribution is 2.26. The van der Waals surface area contributed by atoms with E-state index in [2.05, 4.69) is 0 Å². The molecule has 1 N–H and O–H groups in total. The number of carboxylic acids is 1. The van der Waals surface area contributed by atoms with Gasteiger partial charge in [0.05, 0.1) is 6.04 Å². The van der Waals surface area contributed by atoms with Gasteiger partial charge in [-0.15, -0.1) is 0 Å². The first-order valence-electron chi connectivity index (χ1n) is 9.60. The molecule has 0 saturated heterocycles. The molecule has 0 aliphatic heterocycles. The molecule has 0 aromatic heterocycles. The summed E-state index contributed by atoms with van der Waals surface area (Å²) in [7, 11) is 0. The van der Waals surface area contributed by atoms with Crippen LogP contribution in [0.2, 0.25) is 5.02 Å². The molecule has 3 aromatic rings. The molecule has 0 unspecified atom stereocenters. The number of ether oxygens (including phenoxy) is 1. The maximum Gasteiger partial charge on any atom is 0.339 e. The van der Waals surface area contributed by atoms with E-state index in [0.717, 1.165) is 17.2 Å². The smallest absolute Gasteiger partial charge is 0.339 e. The third kappa shape index (κ3) is 5.61. The molecule has 0 radical (unpaired) electrons. The first-order chi connectivity index (χ1) is 14.9. The first-order valence-corrected chi connectivity index (χ1v) is 9.98. The lowest BCUT2D eigenvalue weighted by Gasteiger charge is -2.30. The van der Waals surface area contributed by atoms with Crippen molar-refractivity contribution in [2.45, 2.75) is 19.5 Å². The number of benzene rings is 3. The molecule has 5 nitrogen and oxygen atoms in total. The first kappa shape index (κ1) is 22.3. The standard InChI is InChI=1S/C24H21ClFNO4/c1-16(18-6-3-2-4-7-18)27(14-17-10-12-19(25)13-11-17)22(28)15-31-23-20(24(29)30)8-5-9-21(23)26/h2-13,16H,14-15H2,1H3,(H,29,30)/t16-/m1/s1. The predicted octanol–water partition coefficient (Wildman–Crippen LogP) is 5.35. The van der Waals surface area contributed by atoms with Gasteiger partial charge in [0.25, 0.3) is 5.91 Å². The molecular formula is C24H21ClFNO4. The number of amides is 1. The van der Waals surface area contributed by atoms with E-state index in [-0.39, 0.29) is 18.2 Å². The zero-order valence-corrected chi connectivity index (χ0v) is 17.6. The van der Waals surface area contributed by atoms with Crippen LogP contribution in [0.4, 0.5) is 4.39 Å². The van der Waals surface area contributed by atoms with Gasteiger partial charge in [-0.1, -0.05) is 60.1 Å². The SMILES string of the molecule is C[C@H](c1ccccc1)N(Cc1ccc(Cl)cc1)C(=O)COc1c(F)cccc1C(=O)O. The second kappa shape index (κ2) is 10.1. The Hall–Kier alpha value is -3.38. The van der Waals surface area contributed by atoms with Gasteiger partial charge in [0.1, 0.15) is 5.56 Å². The molecule has 0 aliphatic carbocycles. The Morgan fingerprint density at radius 2 is 1.71 bits per heavy atom. The Kier molecular flexibility index (Phi) is 7.26. The molecule has 1 amide bonds. The molecule has 0 aliphatic rings. The molecule has 7 heteroatoms. The number of carboxylic acid groups (broad SMARTS) is 1. The van der Waals surface area contributed by atoms with E-state index >= 15 is 0 Å². The van der Waals surface area contributed by atoms with Gasteiger partial charge in [-0.05, 0) is 42.3 Å². The van der Waals surface area contributed by atoms with Crippen molar-refractivity contribution in [2.75, 3.05) is 6.61 Å². The van der Waals surface area contributed by atoms with Crippen molar-refractivity contribution in [3.63, 3.8) is 0 Å². The lowest BCUT2D eigenvalue weighted by atomic mass is 10.1. The van der Waals surface area contributed by atoms with Gasteiger partial charge in [-0.25, -0.2) is 9.18 Å². The number of nitrogens with zero attached hydrogens (tertiary/aromatic N) is 1. The second-order valence-corrected chi connectivity index (χ2v) is 7.38. The number of halogens is 2. The molecule has 0 bridgehead atoms. The summed E-state index contributed by atoms with van der Waals surface area (Å²) in [4.78, 5) is 26.1. The van der Waals surface area contributed by atoms with E-state index in [1.807, 2.05) is 49.4 Å². The quantitative estimate of drug-likeness (QED) is 0.512. The number of hydrogen-bond donors (Lipinski definition) is 1. The highest BCUT2D eigenvalue weighted by Gasteiger charge is 2.24. The van der Waals surface area contributed by atoms with E-state index < -0.39 is 30.1 Å². The van der Waals surface area contributed by atoms with E-state index in [1.165, 1.54) is 12.1 Å². The number of carbonyl (C=O) groups is 2.